The SMILES string of the molecule is Cc1cc(C)c(C(N)CSc2ncn[nH]2)c(C)c1. The molecular formula is C13H18N4S. The minimum atomic E-state index is 0.0145. The highest BCUT2D eigenvalue weighted by Crippen LogP contribution is 2.26. The van der Waals surface area contributed by atoms with Crippen LogP contribution in [0.15, 0.2) is 23.6 Å². The molecule has 1 aromatic carbocycles. The molecule has 0 amide bonds. The van der Waals surface area contributed by atoms with Crippen molar-refractivity contribution in [2.24, 2.45) is 5.73 Å². The molecule has 18 heavy (non-hydrogen) atoms. The first kappa shape index (κ1) is 13.1. The second-order valence-electron chi connectivity index (χ2n) is 4.52. The summed E-state index contributed by atoms with van der Waals surface area (Å²) in [4.78, 5) is 4.08. The fourth-order valence-corrected chi connectivity index (χ4v) is 3.03. The van der Waals surface area contributed by atoms with E-state index in [9.17, 15) is 0 Å². The number of benzene rings is 1. The second-order valence-corrected chi connectivity index (χ2v) is 5.53. The van der Waals surface area contributed by atoms with Crippen LogP contribution in [-0.4, -0.2) is 20.9 Å². The standard InChI is InChI=1S/C13H18N4S/c1-8-4-9(2)12(10(3)5-8)11(14)6-18-13-15-7-16-17-13/h4-5,7,11H,6,14H2,1-3H3,(H,15,16,17). The molecule has 1 heterocycles. The lowest BCUT2D eigenvalue weighted by Crippen LogP contribution is -2.16. The van der Waals surface area contributed by atoms with Gasteiger partial charge >= 0.3 is 0 Å². The predicted octanol–water partition coefficient (Wildman–Crippen LogP) is 2.52. The van der Waals surface area contributed by atoms with Gasteiger partial charge in [-0.25, -0.2) is 4.98 Å². The smallest absolute Gasteiger partial charge is 0.183 e. The topological polar surface area (TPSA) is 67.6 Å². The number of hydrogen-bond donors (Lipinski definition) is 2. The molecule has 4 nitrogen and oxygen atoms in total. The second kappa shape index (κ2) is 5.54. The lowest BCUT2D eigenvalue weighted by Gasteiger charge is -2.17. The molecular weight excluding hydrogens is 244 g/mol. The van der Waals surface area contributed by atoms with Crippen LogP contribution in [0.4, 0.5) is 0 Å². The van der Waals surface area contributed by atoms with Crippen molar-refractivity contribution < 1.29 is 0 Å². The monoisotopic (exact) mass is 262 g/mol. The van der Waals surface area contributed by atoms with Gasteiger partial charge in [-0.15, -0.1) is 0 Å². The third-order valence-electron chi connectivity index (χ3n) is 2.90. The minimum Gasteiger partial charge on any atom is -0.323 e. The number of nitrogens with two attached hydrogens (primary N) is 1. The van der Waals surface area contributed by atoms with Crippen LogP contribution in [0.2, 0.25) is 0 Å². The normalized spacial score (nSPS) is 12.7. The highest BCUT2D eigenvalue weighted by Gasteiger charge is 2.13. The van der Waals surface area contributed by atoms with E-state index >= 15 is 0 Å². The molecule has 0 saturated heterocycles. The Bertz CT molecular complexity index is 499. The summed E-state index contributed by atoms with van der Waals surface area (Å²) in [6.45, 7) is 6.35. The maximum atomic E-state index is 6.28. The maximum Gasteiger partial charge on any atom is 0.183 e. The maximum absolute atomic E-state index is 6.28. The fourth-order valence-electron chi connectivity index (χ4n) is 2.29. The quantitative estimate of drug-likeness (QED) is 0.831. The number of nitrogens with zero attached hydrogens (tertiary/aromatic N) is 2. The summed E-state index contributed by atoms with van der Waals surface area (Å²) in [7, 11) is 0. The Hall–Kier alpha value is -1.33. The van der Waals surface area contributed by atoms with Gasteiger partial charge in [0.1, 0.15) is 6.33 Å². The number of aromatic nitrogens is 3. The van der Waals surface area contributed by atoms with Gasteiger partial charge in [-0.3, -0.25) is 5.10 Å². The number of H-pyrrole nitrogens is 1. The molecule has 0 aliphatic rings. The Labute approximate surface area is 111 Å². The summed E-state index contributed by atoms with van der Waals surface area (Å²) in [6.07, 6.45) is 1.51. The van der Waals surface area contributed by atoms with Crippen LogP contribution in [0.25, 0.3) is 0 Å². The molecule has 0 radical (unpaired) electrons. The van der Waals surface area contributed by atoms with Crippen LogP contribution >= 0.6 is 11.8 Å². The summed E-state index contributed by atoms with van der Waals surface area (Å²) in [5, 5.41) is 7.46. The van der Waals surface area contributed by atoms with Crippen molar-refractivity contribution >= 4 is 11.8 Å². The molecule has 0 spiro atoms. The Morgan fingerprint density at radius 3 is 2.50 bits per heavy atom. The summed E-state index contributed by atoms with van der Waals surface area (Å²) in [6, 6.07) is 4.38. The average molecular weight is 262 g/mol. The molecule has 3 N–H and O–H groups in total. The van der Waals surface area contributed by atoms with Crippen LogP contribution in [-0.2, 0) is 0 Å². The van der Waals surface area contributed by atoms with Crippen LogP contribution in [0, 0.1) is 20.8 Å². The zero-order valence-corrected chi connectivity index (χ0v) is 11.7. The highest BCUT2D eigenvalue weighted by atomic mass is 32.2. The molecule has 0 bridgehead atoms. The van der Waals surface area contributed by atoms with Gasteiger partial charge < -0.3 is 5.73 Å². The van der Waals surface area contributed by atoms with E-state index in [1.54, 1.807) is 11.8 Å². The molecule has 2 aromatic rings. The van der Waals surface area contributed by atoms with E-state index in [2.05, 4.69) is 48.1 Å². The van der Waals surface area contributed by atoms with Crippen molar-refractivity contribution in [2.45, 2.75) is 32.0 Å². The Morgan fingerprint density at radius 1 is 1.28 bits per heavy atom. The number of aryl methyl sites for hydroxylation is 3. The molecule has 0 aliphatic carbocycles. The van der Waals surface area contributed by atoms with Crippen molar-refractivity contribution in [1.82, 2.24) is 15.2 Å². The summed E-state index contributed by atoms with van der Waals surface area (Å²) in [5.41, 5.74) is 11.3. The molecule has 1 unspecified atom stereocenters. The van der Waals surface area contributed by atoms with E-state index in [1.807, 2.05) is 0 Å². The van der Waals surface area contributed by atoms with Crippen molar-refractivity contribution in [3.8, 4) is 0 Å². The number of aromatic amines is 1. The first-order valence-electron chi connectivity index (χ1n) is 5.89. The first-order valence-corrected chi connectivity index (χ1v) is 6.88. The summed E-state index contributed by atoms with van der Waals surface area (Å²) < 4.78 is 0. The lowest BCUT2D eigenvalue weighted by atomic mass is 9.95. The molecule has 0 aliphatic heterocycles. The van der Waals surface area contributed by atoms with E-state index in [1.165, 1.54) is 28.6 Å². The summed E-state index contributed by atoms with van der Waals surface area (Å²) >= 11 is 1.60. The van der Waals surface area contributed by atoms with E-state index in [4.69, 9.17) is 5.73 Å². The highest BCUT2D eigenvalue weighted by molar-refractivity contribution is 7.99. The van der Waals surface area contributed by atoms with Crippen LogP contribution in [0.3, 0.4) is 0 Å². The largest absolute Gasteiger partial charge is 0.323 e. The third-order valence-corrected chi connectivity index (χ3v) is 3.90. The first-order chi connectivity index (χ1) is 8.58. The summed E-state index contributed by atoms with van der Waals surface area (Å²) in [5.74, 6) is 0.792. The van der Waals surface area contributed by atoms with E-state index < -0.39 is 0 Å². The van der Waals surface area contributed by atoms with Crippen molar-refractivity contribution in [2.75, 3.05) is 5.75 Å². The van der Waals surface area contributed by atoms with Crippen molar-refractivity contribution in [3.05, 3.63) is 40.7 Å². The van der Waals surface area contributed by atoms with Gasteiger partial charge in [-0.1, -0.05) is 29.5 Å². The zero-order chi connectivity index (χ0) is 13.1. The van der Waals surface area contributed by atoms with Gasteiger partial charge in [0.25, 0.3) is 0 Å². The molecule has 0 saturated carbocycles. The van der Waals surface area contributed by atoms with E-state index in [0.29, 0.717) is 0 Å². The Morgan fingerprint density at radius 2 is 1.94 bits per heavy atom. The molecule has 96 valence electrons. The fraction of sp³-hybridized carbons (Fsp3) is 0.385. The molecule has 1 atom stereocenters. The number of nitrogens with one attached hydrogen (secondary N) is 1. The molecule has 5 heteroatoms. The van der Waals surface area contributed by atoms with E-state index in [-0.39, 0.29) is 6.04 Å². The predicted molar refractivity (Wildman–Crippen MR) is 74.7 cm³/mol. The van der Waals surface area contributed by atoms with Crippen LogP contribution in [0.5, 0.6) is 0 Å². The van der Waals surface area contributed by atoms with Crippen LogP contribution in [0.1, 0.15) is 28.3 Å². The van der Waals surface area contributed by atoms with Gasteiger partial charge in [0.05, 0.1) is 0 Å². The average Bonchev–Trinajstić information content (AvgIpc) is 2.77. The number of rotatable bonds is 4. The molecule has 0 fully saturated rings. The molecule has 1 aromatic heterocycles. The van der Waals surface area contributed by atoms with Gasteiger partial charge in [0.15, 0.2) is 5.16 Å². The van der Waals surface area contributed by atoms with E-state index in [0.717, 1.165) is 10.9 Å². The van der Waals surface area contributed by atoms with Crippen molar-refractivity contribution in [3.63, 3.8) is 0 Å². The third kappa shape index (κ3) is 2.91. The van der Waals surface area contributed by atoms with Gasteiger partial charge in [0, 0.05) is 11.8 Å². The zero-order valence-electron chi connectivity index (χ0n) is 10.9. The lowest BCUT2D eigenvalue weighted by molar-refractivity contribution is 0.809. The van der Waals surface area contributed by atoms with Crippen molar-refractivity contribution in [1.29, 1.82) is 0 Å². The van der Waals surface area contributed by atoms with Gasteiger partial charge in [-0.2, -0.15) is 5.10 Å². The van der Waals surface area contributed by atoms with Gasteiger partial charge in [0.2, 0.25) is 0 Å². The molecule has 2 rings (SSSR count). The van der Waals surface area contributed by atoms with Gasteiger partial charge in [-0.05, 0) is 37.5 Å². The Balaban J connectivity index is 2.11. The number of thioether (sulfide) groups is 1. The van der Waals surface area contributed by atoms with Crippen LogP contribution < -0.4 is 5.73 Å². The number of hydrogen-bond acceptors (Lipinski definition) is 4. The minimum absolute atomic E-state index is 0.0145. The Kier molecular flexibility index (Phi) is 4.04.